The van der Waals surface area contributed by atoms with Gasteiger partial charge < -0.3 is 5.32 Å². The van der Waals surface area contributed by atoms with E-state index in [9.17, 15) is 4.79 Å². The number of nitrogens with one attached hydrogen (secondary N) is 1. The number of anilines is 1. The minimum absolute atomic E-state index is 0.0314. The van der Waals surface area contributed by atoms with Gasteiger partial charge in [-0.2, -0.15) is 4.80 Å². The van der Waals surface area contributed by atoms with Gasteiger partial charge in [-0.3, -0.25) is 9.78 Å². The molecule has 0 radical (unpaired) electrons. The van der Waals surface area contributed by atoms with Gasteiger partial charge in [0.05, 0.1) is 0 Å². The summed E-state index contributed by atoms with van der Waals surface area (Å²) < 4.78 is 0. The van der Waals surface area contributed by atoms with Gasteiger partial charge in [-0.15, -0.1) is 10.2 Å². The molecule has 0 atom stereocenters. The van der Waals surface area contributed by atoms with E-state index in [-0.39, 0.29) is 12.5 Å². The lowest BCUT2D eigenvalue weighted by Crippen LogP contribution is -2.20. The molecule has 4 aromatic rings. The number of rotatable bonds is 5. The summed E-state index contributed by atoms with van der Waals surface area (Å²) in [5.74, 6) is 0.203. The third kappa shape index (κ3) is 3.87. The predicted octanol–water partition coefficient (Wildman–Crippen LogP) is 3.04. The number of pyridine rings is 1. The van der Waals surface area contributed by atoms with E-state index in [1.54, 1.807) is 18.5 Å². The maximum absolute atomic E-state index is 12.5. The van der Waals surface area contributed by atoms with Gasteiger partial charge in [0, 0.05) is 29.2 Å². The first-order valence-corrected chi connectivity index (χ1v) is 8.42. The molecule has 7 nitrogen and oxygen atoms in total. The molecule has 0 aliphatic heterocycles. The predicted molar refractivity (Wildman–Crippen MR) is 102 cm³/mol. The van der Waals surface area contributed by atoms with Crippen LogP contribution in [-0.4, -0.2) is 31.1 Å². The number of amides is 1. The van der Waals surface area contributed by atoms with Crippen LogP contribution >= 0.6 is 0 Å². The standard InChI is InChI=1S/C20H16N6O/c27-19(14-26-24-20(23-25-26)16-9-6-12-21-13-16)22-18-11-5-4-10-17(18)15-7-2-1-3-8-15/h1-13H,14H2,(H,22,27). The molecule has 1 amide bonds. The van der Waals surface area contributed by atoms with Crippen LogP contribution in [0.2, 0.25) is 0 Å². The summed E-state index contributed by atoms with van der Waals surface area (Å²) in [6, 6.07) is 21.2. The summed E-state index contributed by atoms with van der Waals surface area (Å²) in [7, 11) is 0. The van der Waals surface area contributed by atoms with E-state index >= 15 is 0 Å². The zero-order valence-corrected chi connectivity index (χ0v) is 14.4. The number of carbonyl (C=O) groups is 1. The normalized spacial score (nSPS) is 10.5. The SMILES string of the molecule is O=C(Cn1nnc(-c2cccnc2)n1)Nc1ccccc1-c1ccccc1. The van der Waals surface area contributed by atoms with Crippen molar-refractivity contribution in [1.29, 1.82) is 0 Å². The van der Waals surface area contributed by atoms with E-state index in [2.05, 4.69) is 25.7 Å². The molecule has 2 aromatic carbocycles. The number of hydrogen-bond donors (Lipinski definition) is 1. The van der Waals surface area contributed by atoms with E-state index in [1.165, 1.54) is 4.80 Å². The first-order chi connectivity index (χ1) is 13.3. The second-order valence-electron chi connectivity index (χ2n) is 5.84. The summed E-state index contributed by atoms with van der Waals surface area (Å²) >= 11 is 0. The van der Waals surface area contributed by atoms with Crippen LogP contribution in [0.15, 0.2) is 79.1 Å². The molecule has 2 aromatic heterocycles. The molecular weight excluding hydrogens is 340 g/mol. The van der Waals surface area contributed by atoms with E-state index in [0.29, 0.717) is 5.82 Å². The molecule has 27 heavy (non-hydrogen) atoms. The molecule has 0 fully saturated rings. The number of tetrazole rings is 1. The number of benzene rings is 2. The Hall–Kier alpha value is -3.87. The quantitative estimate of drug-likeness (QED) is 0.594. The number of para-hydroxylation sites is 1. The molecule has 0 aliphatic carbocycles. The Kier molecular flexibility index (Phi) is 4.65. The summed E-state index contributed by atoms with van der Waals surface area (Å²) in [5, 5.41) is 15.1. The topological polar surface area (TPSA) is 85.6 Å². The first-order valence-electron chi connectivity index (χ1n) is 8.42. The van der Waals surface area contributed by atoms with Crippen LogP contribution in [0.5, 0.6) is 0 Å². The van der Waals surface area contributed by atoms with Crippen molar-refractivity contribution in [3.63, 3.8) is 0 Å². The highest BCUT2D eigenvalue weighted by Crippen LogP contribution is 2.27. The van der Waals surface area contributed by atoms with Gasteiger partial charge in [-0.1, -0.05) is 48.5 Å². The third-order valence-electron chi connectivity index (χ3n) is 3.94. The minimum atomic E-state index is -0.228. The second-order valence-corrected chi connectivity index (χ2v) is 5.84. The minimum Gasteiger partial charge on any atom is -0.324 e. The molecule has 0 saturated heterocycles. The Morgan fingerprint density at radius 3 is 2.52 bits per heavy atom. The Morgan fingerprint density at radius 1 is 0.926 bits per heavy atom. The third-order valence-corrected chi connectivity index (χ3v) is 3.94. The summed E-state index contributed by atoms with van der Waals surface area (Å²) in [6.07, 6.45) is 3.32. The molecular formula is C20H16N6O. The zero-order valence-electron chi connectivity index (χ0n) is 14.4. The van der Waals surface area contributed by atoms with Crippen LogP contribution in [0.4, 0.5) is 5.69 Å². The molecule has 0 aliphatic rings. The average Bonchev–Trinajstić information content (AvgIpc) is 3.18. The smallest absolute Gasteiger partial charge is 0.248 e. The molecule has 4 rings (SSSR count). The summed E-state index contributed by atoms with van der Waals surface area (Å²) in [6.45, 7) is -0.0314. The zero-order chi connectivity index (χ0) is 18.5. The largest absolute Gasteiger partial charge is 0.324 e. The highest BCUT2D eigenvalue weighted by molar-refractivity contribution is 5.95. The lowest BCUT2D eigenvalue weighted by Gasteiger charge is -2.11. The molecule has 132 valence electrons. The highest BCUT2D eigenvalue weighted by Gasteiger charge is 2.11. The monoisotopic (exact) mass is 356 g/mol. The van der Waals surface area contributed by atoms with Crippen molar-refractivity contribution in [2.24, 2.45) is 0 Å². The fourth-order valence-electron chi connectivity index (χ4n) is 2.70. The molecule has 0 bridgehead atoms. The number of carbonyl (C=O) groups excluding carboxylic acids is 1. The van der Waals surface area contributed by atoms with E-state index in [0.717, 1.165) is 22.4 Å². The van der Waals surface area contributed by atoms with Crippen molar-refractivity contribution in [1.82, 2.24) is 25.2 Å². The molecule has 2 heterocycles. The first kappa shape index (κ1) is 16.6. The second kappa shape index (κ2) is 7.57. The lowest BCUT2D eigenvalue weighted by molar-refractivity contribution is -0.117. The summed E-state index contributed by atoms with van der Waals surface area (Å²) in [4.78, 5) is 17.8. The van der Waals surface area contributed by atoms with Gasteiger partial charge in [0.1, 0.15) is 6.54 Å². The van der Waals surface area contributed by atoms with Gasteiger partial charge in [-0.25, -0.2) is 0 Å². The molecule has 1 N–H and O–H groups in total. The maximum atomic E-state index is 12.5. The van der Waals surface area contributed by atoms with Crippen molar-refractivity contribution < 1.29 is 4.79 Å². The van der Waals surface area contributed by atoms with Crippen molar-refractivity contribution in [3.8, 4) is 22.5 Å². The van der Waals surface area contributed by atoms with Crippen LogP contribution < -0.4 is 5.32 Å². The Labute approximate surface area is 155 Å². The Morgan fingerprint density at radius 2 is 1.70 bits per heavy atom. The fourth-order valence-corrected chi connectivity index (χ4v) is 2.70. The number of aromatic nitrogens is 5. The molecule has 0 saturated carbocycles. The lowest BCUT2D eigenvalue weighted by atomic mass is 10.0. The van der Waals surface area contributed by atoms with E-state index < -0.39 is 0 Å². The highest BCUT2D eigenvalue weighted by atomic mass is 16.2. The van der Waals surface area contributed by atoms with Crippen LogP contribution in [0.3, 0.4) is 0 Å². The van der Waals surface area contributed by atoms with Crippen LogP contribution in [0.1, 0.15) is 0 Å². The van der Waals surface area contributed by atoms with Crippen LogP contribution in [0.25, 0.3) is 22.5 Å². The van der Waals surface area contributed by atoms with Crippen molar-refractivity contribution >= 4 is 11.6 Å². The van der Waals surface area contributed by atoms with Gasteiger partial charge in [0.15, 0.2) is 0 Å². The Balaban J connectivity index is 1.49. The van der Waals surface area contributed by atoms with Gasteiger partial charge in [0.25, 0.3) is 0 Å². The summed E-state index contributed by atoms with van der Waals surface area (Å²) in [5.41, 5.74) is 3.47. The average molecular weight is 356 g/mol. The van der Waals surface area contributed by atoms with Crippen molar-refractivity contribution in [2.75, 3.05) is 5.32 Å². The fraction of sp³-hybridized carbons (Fsp3) is 0.0500. The van der Waals surface area contributed by atoms with Crippen molar-refractivity contribution in [3.05, 3.63) is 79.1 Å². The number of hydrogen-bond acceptors (Lipinski definition) is 5. The van der Waals surface area contributed by atoms with Crippen LogP contribution in [-0.2, 0) is 11.3 Å². The van der Waals surface area contributed by atoms with Gasteiger partial charge >= 0.3 is 0 Å². The maximum Gasteiger partial charge on any atom is 0.248 e. The van der Waals surface area contributed by atoms with Gasteiger partial charge in [0.2, 0.25) is 11.7 Å². The van der Waals surface area contributed by atoms with E-state index in [1.807, 2.05) is 60.7 Å². The van der Waals surface area contributed by atoms with E-state index in [4.69, 9.17) is 0 Å². The van der Waals surface area contributed by atoms with Crippen molar-refractivity contribution in [2.45, 2.75) is 6.54 Å². The number of nitrogens with zero attached hydrogens (tertiary/aromatic N) is 5. The van der Waals surface area contributed by atoms with Crippen LogP contribution in [0, 0.1) is 0 Å². The van der Waals surface area contributed by atoms with Gasteiger partial charge in [-0.05, 0) is 29.0 Å². The molecule has 7 heteroatoms. The molecule has 0 spiro atoms. The molecule has 0 unspecified atom stereocenters. The Bertz CT molecular complexity index is 1050.